The largest absolute Gasteiger partial charge is 0.497 e. The third-order valence-corrected chi connectivity index (χ3v) is 5.41. The SMILES string of the molecule is COc1ccc2c(c1)C(c1ccc(C#CCN)cc1)=N[C@@H](CC(=O)OC(C)(C)C)c1nnc(C)n1-2. The Morgan fingerprint density at radius 2 is 1.89 bits per heavy atom. The van der Waals surface area contributed by atoms with Gasteiger partial charge in [-0.25, -0.2) is 0 Å². The number of aryl methyl sites for hydroxylation is 1. The van der Waals surface area contributed by atoms with Gasteiger partial charge in [-0.2, -0.15) is 0 Å². The molecule has 0 radical (unpaired) electrons. The van der Waals surface area contributed by atoms with Crippen LogP contribution in [0.15, 0.2) is 47.5 Å². The summed E-state index contributed by atoms with van der Waals surface area (Å²) in [4.78, 5) is 17.9. The fourth-order valence-electron chi connectivity index (χ4n) is 3.97. The van der Waals surface area contributed by atoms with Gasteiger partial charge in [0.25, 0.3) is 0 Å². The molecule has 1 aliphatic rings. The zero-order valence-corrected chi connectivity index (χ0v) is 20.6. The highest BCUT2D eigenvalue weighted by molar-refractivity contribution is 6.15. The molecule has 0 aliphatic carbocycles. The van der Waals surface area contributed by atoms with Crippen LogP contribution in [0.4, 0.5) is 0 Å². The first-order valence-corrected chi connectivity index (χ1v) is 11.4. The highest BCUT2D eigenvalue weighted by atomic mass is 16.6. The average molecular weight is 472 g/mol. The number of esters is 1. The molecule has 2 N–H and O–H groups in total. The average Bonchev–Trinajstić information content (AvgIpc) is 3.14. The third-order valence-electron chi connectivity index (χ3n) is 5.41. The maximum absolute atomic E-state index is 12.8. The lowest BCUT2D eigenvalue weighted by atomic mass is 9.99. The minimum absolute atomic E-state index is 0.0318. The minimum Gasteiger partial charge on any atom is -0.497 e. The minimum atomic E-state index is -0.603. The van der Waals surface area contributed by atoms with E-state index in [-0.39, 0.29) is 12.4 Å². The molecule has 3 aromatic rings. The Bertz CT molecular complexity index is 1340. The van der Waals surface area contributed by atoms with Gasteiger partial charge in [0.15, 0.2) is 5.82 Å². The second-order valence-electron chi connectivity index (χ2n) is 9.19. The third kappa shape index (κ3) is 5.26. The monoisotopic (exact) mass is 471 g/mol. The molecule has 0 saturated heterocycles. The molecular weight excluding hydrogens is 442 g/mol. The van der Waals surface area contributed by atoms with Gasteiger partial charge in [0.1, 0.15) is 23.2 Å². The first-order valence-electron chi connectivity index (χ1n) is 11.4. The lowest BCUT2D eigenvalue weighted by Gasteiger charge is -2.20. The van der Waals surface area contributed by atoms with Crippen LogP contribution < -0.4 is 10.5 Å². The number of rotatable bonds is 4. The van der Waals surface area contributed by atoms with Crippen molar-refractivity contribution in [2.75, 3.05) is 13.7 Å². The van der Waals surface area contributed by atoms with E-state index < -0.39 is 11.6 Å². The van der Waals surface area contributed by atoms with Crippen LogP contribution in [0.1, 0.15) is 61.6 Å². The van der Waals surface area contributed by atoms with Crippen molar-refractivity contribution in [3.8, 4) is 23.3 Å². The Balaban J connectivity index is 1.88. The molecular formula is C27H29N5O3. The lowest BCUT2D eigenvalue weighted by Crippen LogP contribution is -2.25. The van der Waals surface area contributed by atoms with Crippen LogP contribution in [0.5, 0.6) is 5.75 Å². The predicted molar refractivity (Wildman–Crippen MR) is 134 cm³/mol. The standard InChI is InChI=1S/C27H29N5O3/c1-17-30-31-26-22(16-24(33)35-27(2,3)4)29-25(19-10-8-18(9-11-19)7-6-14-28)21-15-20(34-5)12-13-23(21)32(17)26/h8-13,15,22H,14,16,28H2,1-5H3/t22-/m0/s1. The number of hydrogen-bond acceptors (Lipinski definition) is 7. The summed E-state index contributed by atoms with van der Waals surface area (Å²) >= 11 is 0. The summed E-state index contributed by atoms with van der Waals surface area (Å²) < 4.78 is 13.1. The molecule has 1 atom stereocenters. The van der Waals surface area contributed by atoms with E-state index in [1.54, 1.807) is 7.11 Å². The number of carbonyl (C=O) groups excluding carboxylic acids is 1. The fourth-order valence-corrected chi connectivity index (χ4v) is 3.97. The molecule has 2 aromatic carbocycles. The van der Waals surface area contributed by atoms with Crippen molar-refractivity contribution >= 4 is 11.7 Å². The number of ether oxygens (including phenoxy) is 2. The van der Waals surface area contributed by atoms with E-state index in [9.17, 15) is 4.79 Å². The Hall–Kier alpha value is -3.96. The van der Waals surface area contributed by atoms with Crippen LogP contribution in [-0.4, -0.2) is 45.7 Å². The van der Waals surface area contributed by atoms with Crippen LogP contribution in [0.2, 0.25) is 0 Å². The molecule has 35 heavy (non-hydrogen) atoms. The maximum atomic E-state index is 12.8. The smallest absolute Gasteiger partial charge is 0.308 e. The van der Waals surface area contributed by atoms with Gasteiger partial charge in [0.05, 0.1) is 31.5 Å². The van der Waals surface area contributed by atoms with Crippen molar-refractivity contribution in [1.29, 1.82) is 0 Å². The molecule has 1 aliphatic heterocycles. The Morgan fingerprint density at radius 1 is 1.14 bits per heavy atom. The summed E-state index contributed by atoms with van der Waals surface area (Å²) in [5.74, 6) is 7.53. The normalized spacial score (nSPS) is 14.6. The molecule has 0 unspecified atom stereocenters. The van der Waals surface area contributed by atoms with E-state index in [0.717, 1.165) is 28.1 Å². The van der Waals surface area contributed by atoms with Gasteiger partial charge in [0.2, 0.25) is 0 Å². The number of aliphatic imine (C=N–C) groups is 1. The molecule has 0 saturated carbocycles. The first-order chi connectivity index (χ1) is 16.7. The molecule has 0 fully saturated rings. The van der Waals surface area contributed by atoms with Gasteiger partial charge in [-0.15, -0.1) is 10.2 Å². The van der Waals surface area contributed by atoms with Gasteiger partial charge in [0, 0.05) is 16.7 Å². The van der Waals surface area contributed by atoms with E-state index in [0.29, 0.717) is 23.9 Å². The van der Waals surface area contributed by atoms with Crippen molar-refractivity contribution in [3.63, 3.8) is 0 Å². The van der Waals surface area contributed by atoms with Crippen LogP contribution >= 0.6 is 0 Å². The zero-order chi connectivity index (χ0) is 25.2. The Labute approximate surface area is 205 Å². The molecule has 180 valence electrons. The second-order valence-corrected chi connectivity index (χ2v) is 9.19. The van der Waals surface area contributed by atoms with Crippen LogP contribution in [-0.2, 0) is 9.53 Å². The highest BCUT2D eigenvalue weighted by Gasteiger charge is 2.31. The first kappa shape index (κ1) is 24.2. The van der Waals surface area contributed by atoms with E-state index in [4.69, 9.17) is 20.2 Å². The molecule has 2 heterocycles. The van der Waals surface area contributed by atoms with Gasteiger partial charge >= 0.3 is 5.97 Å². The quantitative estimate of drug-likeness (QED) is 0.461. The number of methoxy groups -OCH3 is 1. The molecule has 0 bridgehead atoms. The number of nitrogens with two attached hydrogens (primary N) is 1. The maximum Gasteiger partial charge on any atom is 0.308 e. The summed E-state index contributed by atoms with van der Waals surface area (Å²) in [6.07, 6.45) is 0.0318. The topological polar surface area (TPSA) is 105 Å². The van der Waals surface area contributed by atoms with E-state index in [1.807, 2.05) is 74.7 Å². The fraction of sp³-hybridized carbons (Fsp3) is 0.333. The number of benzene rings is 2. The van der Waals surface area contributed by atoms with Crippen LogP contribution in [0.25, 0.3) is 5.69 Å². The number of fused-ring (bicyclic) bond motifs is 3. The van der Waals surface area contributed by atoms with Crippen molar-refractivity contribution < 1.29 is 14.3 Å². The summed E-state index contributed by atoms with van der Waals surface area (Å²) in [5.41, 5.74) is 9.06. The Kier molecular flexibility index (Phi) is 6.72. The molecule has 4 rings (SSSR count). The predicted octanol–water partition coefficient (Wildman–Crippen LogP) is 3.52. The van der Waals surface area contributed by atoms with Gasteiger partial charge in [-0.05, 0) is 58.0 Å². The molecule has 8 heteroatoms. The highest BCUT2D eigenvalue weighted by Crippen LogP contribution is 2.34. The summed E-state index contributed by atoms with van der Waals surface area (Å²) in [5, 5.41) is 8.69. The van der Waals surface area contributed by atoms with E-state index >= 15 is 0 Å². The molecule has 8 nitrogen and oxygen atoms in total. The number of nitrogens with zero attached hydrogens (tertiary/aromatic N) is 4. The van der Waals surface area contributed by atoms with E-state index in [1.165, 1.54) is 0 Å². The summed E-state index contributed by atoms with van der Waals surface area (Å²) in [6.45, 7) is 7.71. The summed E-state index contributed by atoms with van der Waals surface area (Å²) in [7, 11) is 1.63. The molecule has 0 amide bonds. The number of hydrogen-bond donors (Lipinski definition) is 1. The summed E-state index contributed by atoms with van der Waals surface area (Å²) in [6, 6.07) is 13.0. The lowest BCUT2D eigenvalue weighted by molar-refractivity contribution is -0.155. The van der Waals surface area contributed by atoms with Crippen molar-refractivity contribution in [1.82, 2.24) is 14.8 Å². The van der Waals surface area contributed by atoms with Gasteiger partial charge < -0.3 is 15.2 Å². The van der Waals surface area contributed by atoms with Crippen molar-refractivity contribution in [2.24, 2.45) is 10.7 Å². The van der Waals surface area contributed by atoms with Crippen LogP contribution in [0.3, 0.4) is 0 Å². The van der Waals surface area contributed by atoms with Crippen molar-refractivity contribution in [2.45, 2.75) is 45.8 Å². The van der Waals surface area contributed by atoms with Crippen molar-refractivity contribution in [3.05, 3.63) is 70.8 Å². The second kappa shape index (κ2) is 9.72. The van der Waals surface area contributed by atoms with Crippen LogP contribution in [0, 0.1) is 18.8 Å². The van der Waals surface area contributed by atoms with Gasteiger partial charge in [-0.1, -0.05) is 24.0 Å². The number of carbonyl (C=O) groups is 1. The van der Waals surface area contributed by atoms with E-state index in [2.05, 4.69) is 22.0 Å². The Morgan fingerprint density at radius 3 is 2.54 bits per heavy atom. The molecule has 0 spiro atoms. The zero-order valence-electron chi connectivity index (χ0n) is 20.6. The molecule has 1 aromatic heterocycles. The number of aromatic nitrogens is 3. The van der Waals surface area contributed by atoms with Gasteiger partial charge in [-0.3, -0.25) is 14.4 Å².